The Labute approximate surface area is 100 Å². The maximum Gasteiger partial charge on any atom is 0.228 e. The lowest BCUT2D eigenvalue weighted by Crippen LogP contribution is -2.49. The molecule has 2 rings (SSSR count). The summed E-state index contributed by atoms with van der Waals surface area (Å²) < 4.78 is 6.83. The number of nitrogens with one attached hydrogen (secondary N) is 1. The number of rotatable bonds is 6. The number of hydrogen-bond donors (Lipinski definition) is 1. The van der Waals surface area contributed by atoms with E-state index in [2.05, 4.69) is 15.6 Å². The minimum atomic E-state index is -0.281. The average molecular weight is 238 g/mol. The molecule has 0 aromatic carbocycles. The van der Waals surface area contributed by atoms with Crippen molar-refractivity contribution in [2.24, 2.45) is 5.41 Å². The molecule has 1 saturated carbocycles. The molecule has 1 aliphatic carbocycles. The molecule has 0 atom stereocenters. The number of ether oxygens (including phenoxy) is 1. The fourth-order valence-corrected chi connectivity index (χ4v) is 2.14. The van der Waals surface area contributed by atoms with Crippen molar-refractivity contribution in [2.75, 3.05) is 20.3 Å². The number of amides is 1. The van der Waals surface area contributed by atoms with Crippen LogP contribution in [0.3, 0.4) is 0 Å². The van der Waals surface area contributed by atoms with Gasteiger partial charge in [0.05, 0.1) is 24.8 Å². The van der Waals surface area contributed by atoms with Crippen LogP contribution in [0.5, 0.6) is 0 Å². The SMILES string of the molecule is COCC1(C(=O)NCCn2ccnn2)CCC1. The van der Waals surface area contributed by atoms with Crippen molar-refractivity contribution >= 4 is 5.91 Å². The third-order valence-corrected chi connectivity index (χ3v) is 3.31. The van der Waals surface area contributed by atoms with Crippen LogP contribution in [0.4, 0.5) is 0 Å². The van der Waals surface area contributed by atoms with Crippen LogP contribution in [-0.2, 0) is 16.1 Å². The molecule has 0 unspecified atom stereocenters. The van der Waals surface area contributed by atoms with Gasteiger partial charge in [0.25, 0.3) is 0 Å². The third kappa shape index (κ3) is 2.63. The lowest BCUT2D eigenvalue weighted by Gasteiger charge is -2.39. The first-order valence-electron chi connectivity index (χ1n) is 5.88. The molecule has 1 amide bonds. The Morgan fingerprint density at radius 3 is 2.94 bits per heavy atom. The molecule has 0 saturated heterocycles. The largest absolute Gasteiger partial charge is 0.384 e. The van der Waals surface area contributed by atoms with Crippen molar-refractivity contribution in [3.8, 4) is 0 Å². The zero-order valence-electron chi connectivity index (χ0n) is 10.1. The quantitative estimate of drug-likeness (QED) is 0.769. The van der Waals surface area contributed by atoms with Crippen LogP contribution >= 0.6 is 0 Å². The second-order valence-electron chi connectivity index (χ2n) is 4.49. The second-order valence-corrected chi connectivity index (χ2v) is 4.49. The van der Waals surface area contributed by atoms with Gasteiger partial charge >= 0.3 is 0 Å². The molecule has 0 radical (unpaired) electrons. The summed E-state index contributed by atoms with van der Waals surface area (Å²) in [4.78, 5) is 12.0. The summed E-state index contributed by atoms with van der Waals surface area (Å²) in [5.41, 5.74) is -0.281. The van der Waals surface area contributed by atoms with Gasteiger partial charge in [0.1, 0.15) is 0 Å². The molecule has 94 valence electrons. The van der Waals surface area contributed by atoms with Crippen molar-refractivity contribution < 1.29 is 9.53 Å². The molecule has 1 N–H and O–H groups in total. The fraction of sp³-hybridized carbons (Fsp3) is 0.727. The highest BCUT2D eigenvalue weighted by Crippen LogP contribution is 2.41. The van der Waals surface area contributed by atoms with Gasteiger partial charge in [-0.2, -0.15) is 0 Å². The lowest BCUT2D eigenvalue weighted by atomic mass is 9.68. The highest BCUT2D eigenvalue weighted by Gasteiger charge is 2.43. The fourth-order valence-electron chi connectivity index (χ4n) is 2.14. The van der Waals surface area contributed by atoms with E-state index < -0.39 is 0 Å². The molecular weight excluding hydrogens is 220 g/mol. The van der Waals surface area contributed by atoms with E-state index in [0.29, 0.717) is 19.7 Å². The van der Waals surface area contributed by atoms with Gasteiger partial charge in [-0.25, -0.2) is 0 Å². The Bertz CT molecular complexity index is 360. The van der Waals surface area contributed by atoms with Crippen molar-refractivity contribution in [3.05, 3.63) is 12.4 Å². The van der Waals surface area contributed by atoms with E-state index in [9.17, 15) is 4.79 Å². The van der Waals surface area contributed by atoms with Crippen LogP contribution in [0.1, 0.15) is 19.3 Å². The third-order valence-electron chi connectivity index (χ3n) is 3.31. The molecule has 1 aromatic rings. The molecular formula is C11H18N4O2. The average Bonchev–Trinajstić information content (AvgIpc) is 2.76. The van der Waals surface area contributed by atoms with E-state index in [1.807, 2.05) is 0 Å². The van der Waals surface area contributed by atoms with Crippen LogP contribution < -0.4 is 5.32 Å². The monoisotopic (exact) mass is 238 g/mol. The topological polar surface area (TPSA) is 69.0 Å². The first-order chi connectivity index (χ1) is 8.27. The summed E-state index contributed by atoms with van der Waals surface area (Å²) in [5, 5.41) is 10.5. The van der Waals surface area contributed by atoms with Gasteiger partial charge < -0.3 is 10.1 Å². The molecule has 1 fully saturated rings. The van der Waals surface area contributed by atoms with Gasteiger partial charge in [-0.05, 0) is 12.8 Å². The standard InChI is InChI=1S/C11H18N4O2/c1-17-9-11(3-2-4-11)10(16)12-5-7-15-8-6-13-14-15/h6,8H,2-5,7,9H2,1H3,(H,12,16). The Hall–Kier alpha value is -1.43. The molecule has 1 aliphatic rings. The number of hydrogen-bond acceptors (Lipinski definition) is 4. The lowest BCUT2D eigenvalue weighted by molar-refractivity contribution is -0.140. The van der Waals surface area contributed by atoms with Gasteiger partial charge in [0.2, 0.25) is 5.91 Å². The van der Waals surface area contributed by atoms with E-state index in [0.717, 1.165) is 19.3 Å². The van der Waals surface area contributed by atoms with Crippen molar-refractivity contribution in [2.45, 2.75) is 25.8 Å². The predicted octanol–water partition coefficient (Wildman–Crippen LogP) is 0.211. The Kier molecular flexibility index (Phi) is 3.73. The molecule has 0 spiro atoms. The maximum absolute atomic E-state index is 12.0. The van der Waals surface area contributed by atoms with E-state index in [-0.39, 0.29) is 11.3 Å². The predicted molar refractivity (Wildman–Crippen MR) is 61.2 cm³/mol. The highest BCUT2D eigenvalue weighted by molar-refractivity contribution is 5.83. The van der Waals surface area contributed by atoms with E-state index in [4.69, 9.17) is 4.74 Å². The summed E-state index contributed by atoms with van der Waals surface area (Å²) in [7, 11) is 1.64. The van der Waals surface area contributed by atoms with Crippen molar-refractivity contribution in [1.82, 2.24) is 20.3 Å². The second kappa shape index (κ2) is 5.27. The molecule has 6 heteroatoms. The van der Waals surface area contributed by atoms with Gasteiger partial charge in [-0.15, -0.1) is 5.10 Å². The smallest absolute Gasteiger partial charge is 0.228 e. The first-order valence-corrected chi connectivity index (χ1v) is 5.88. The summed E-state index contributed by atoms with van der Waals surface area (Å²) in [6.07, 6.45) is 6.37. The first kappa shape index (κ1) is 12.0. The number of methoxy groups -OCH3 is 1. The van der Waals surface area contributed by atoms with E-state index in [1.165, 1.54) is 0 Å². The summed E-state index contributed by atoms with van der Waals surface area (Å²) in [6, 6.07) is 0. The van der Waals surface area contributed by atoms with Crippen LogP contribution in [0.25, 0.3) is 0 Å². The normalized spacial score (nSPS) is 17.5. The van der Waals surface area contributed by atoms with Crippen molar-refractivity contribution in [1.29, 1.82) is 0 Å². The summed E-state index contributed by atoms with van der Waals surface area (Å²) in [5.74, 6) is 0.103. The number of aromatic nitrogens is 3. The zero-order valence-corrected chi connectivity index (χ0v) is 10.1. The van der Waals surface area contributed by atoms with Gasteiger partial charge in [-0.3, -0.25) is 9.48 Å². The summed E-state index contributed by atoms with van der Waals surface area (Å²) in [6.45, 7) is 1.74. The molecule has 17 heavy (non-hydrogen) atoms. The van der Waals surface area contributed by atoms with E-state index >= 15 is 0 Å². The molecule has 1 heterocycles. The van der Waals surface area contributed by atoms with Crippen LogP contribution in [0.2, 0.25) is 0 Å². The molecule has 1 aromatic heterocycles. The van der Waals surface area contributed by atoms with Gasteiger partial charge in [0.15, 0.2) is 0 Å². The highest BCUT2D eigenvalue weighted by atomic mass is 16.5. The van der Waals surface area contributed by atoms with Crippen LogP contribution in [0, 0.1) is 5.41 Å². The van der Waals surface area contributed by atoms with Gasteiger partial charge in [-0.1, -0.05) is 11.6 Å². The number of carbonyl (C=O) groups excluding carboxylic acids is 1. The van der Waals surface area contributed by atoms with Crippen LogP contribution in [0.15, 0.2) is 12.4 Å². The van der Waals surface area contributed by atoms with Crippen LogP contribution in [-0.4, -0.2) is 41.2 Å². The summed E-state index contributed by atoms with van der Waals surface area (Å²) >= 11 is 0. The Morgan fingerprint density at radius 2 is 2.41 bits per heavy atom. The maximum atomic E-state index is 12.0. The minimum absolute atomic E-state index is 0.103. The zero-order chi connectivity index (χ0) is 12.1. The van der Waals surface area contributed by atoms with Crippen molar-refractivity contribution in [3.63, 3.8) is 0 Å². The molecule has 6 nitrogen and oxygen atoms in total. The number of nitrogens with zero attached hydrogens (tertiary/aromatic N) is 3. The molecule has 0 bridgehead atoms. The minimum Gasteiger partial charge on any atom is -0.384 e. The number of carbonyl (C=O) groups is 1. The Morgan fingerprint density at radius 1 is 1.59 bits per heavy atom. The van der Waals surface area contributed by atoms with E-state index in [1.54, 1.807) is 24.2 Å². The van der Waals surface area contributed by atoms with Gasteiger partial charge in [0, 0.05) is 19.9 Å². The Balaban J connectivity index is 1.76. The molecule has 0 aliphatic heterocycles.